The smallest absolute Gasteiger partial charge is 0.165 e. The zero-order valence-electron chi connectivity index (χ0n) is 14.7. The van der Waals surface area contributed by atoms with Crippen molar-refractivity contribution in [3.63, 3.8) is 0 Å². The van der Waals surface area contributed by atoms with Gasteiger partial charge in [-0.05, 0) is 63.7 Å². The van der Waals surface area contributed by atoms with Gasteiger partial charge < -0.3 is 14.8 Å². The molecule has 3 heteroatoms. The Kier molecular flexibility index (Phi) is 6.13. The van der Waals surface area contributed by atoms with E-state index in [0.717, 1.165) is 17.4 Å². The maximum absolute atomic E-state index is 6.20. The van der Waals surface area contributed by atoms with Gasteiger partial charge in [0.2, 0.25) is 0 Å². The SMILES string of the molecule is CC.CNC.COc1ccc2c3c1OC1CCCC(CC2)C31. The number of methoxy groups -OCH3 is 1. The molecule has 0 radical (unpaired) electrons. The molecule has 1 aliphatic heterocycles. The molecule has 1 fully saturated rings. The second-order valence-corrected chi connectivity index (χ2v) is 6.08. The third-order valence-electron chi connectivity index (χ3n) is 4.83. The first-order valence-corrected chi connectivity index (χ1v) is 8.75. The highest BCUT2D eigenvalue weighted by atomic mass is 16.5. The molecule has 3 unspecified atom stereocenters. The molecular formula is C19H31NO2. The van der Waals surface area contributed by atoms with Crippen LogP contribution in [0.5, 0.6) is 11.5 Å². The lowest BCUT2D eigenvalue weighted by molar-refractivity contribution is 0.118. The first-order chi connectivity index (χ1) is 10.8. The second kappa shape index (κ2) is 7.87. The number of benzene rings is 1. The predicted octanol–water partition coefficient (Wildman–Crippen LogP) is 4.15. The van der Waals surface area contributed by atoms with Crippen LogP contribution >= 0.6 is 0 Å². The van der Waals surface area contributed by atoms with Crippen LogP contribution in [0, 0.1) is 5.92 Å². The number of nitrogens with one attached hydrogen (secondary N) is 1. The highest BCUT2D eigenvalue weighted by molar-refractivity contribution is 5.57. The maximum atomic E-state index is 6.20. The fourth-order valence-corrected chi connectivity index (χ4v) is 4.10. The highest BCUT2D eigenvalue weighted by Crippen LogP contribution is 2.56. The third kappa shape index (κ3) is 2.96. The van der Waals surface area contributed by atoms with Gasteiger partial charge in [0.15, 0.2) is 11.5 Å². The van der Waals surface area contributed by atoms with Crippen molar-refractivity contribution in [1.29, 1.82) is 0 Å². The zero-order valence-corrected chi connectivity index (χ0v) is 14.7. The molecule has 3 nitrogen and oxygen atoms in total. The summed E-state index contributed by atoms with van der Waals surface area (Å²) in [6.07, 6.45) is 6.95. The van der Waals surface area contributed by atoms with E-state index in [2.05, 4.69) is 17.4 Å². The van der Waals surface area contributed by atoms with Crippen molar-refractivity contribution in [3.05, 3.63) is 23.3 Å². The number of ether oxygens (including phenoxy) is 2. The molecule has 22 heavy (non-hydrogen) atoms. The lowest BCUT2D eigenvalue weighted by Crippen LogP contribution is -2.32. The van der Waals surface area contributed by atoms with E-state index in [1.807, 2.05) is 27.9 Å². The van der Waals surface area contributed by atoms with Crippen LogP contribution in [-0.4, -0.2) is 27.3 Å². The van der Waals surface area contributed by atoms with E-state index in [1.54, 1.807) is 7.11 Å². The first-order valence-electron chi connectivity index (χ1n) is 8.75. The largest absolute Gasteiger partial charge is 0.493 e. The van der Waals surface area contributed by atoms with Crippen molar-refractivity contribution in [2.24, 2.45) is 5.92 Å². The highest BCUT2D eigenvalue weighted by Gasteiger charge is 2.46. The van der Waals surface area contributed by atoms with Gasteiger partial charge in [0.05, 0.1) is 7.11 Å². The monoisotopic (exact) mass is 305 g/mol. The number of hydrogen-bond acceptors (Lipinski definition) is 3. The summed E-state index contributed by atoms with van der Waals surface area (Å²) in [6.45, 7) is 4.00. The topological polar surface area (TPSA) is 30.5 Å². The number of hydrogen-bond donors (Lipinski definition) is 1. The average Bonchev–Trinajstić information content (AvgIpc) is 2.96. The molecule has 2 aliphatic carbocycles. The Hall–Kier alpha value is -1.22. The van der Waals surface area contributed by atoms with Crippen molar-refractivity contribution in [2.75, 3.05) is 21.2 Å². The molecule has 1 aromatic rings. The molecule has 3 atom stereocenters. The molecule has 0 amide bonds. The summed E-state index contributed by atoms with van der Waals surface area (Å²) in [5, 5.41) is 2.75. The van der Waals surface area contributed by atoms with Gasteiger partial charge in [0.25, 0.3) is 0 Å². The maximum Gasteiger partial charge on any atom is 0.165 e. The minimum absolute atomic E-state index is 0.430. The van der Waals surface area contributed by atoms with Gasteiger partial charge in [-0.25, -0.2) is 0 Å². The zero-order chi connectivity index (χ0) is 16.1. The van der Waals surface area contributed by atoms with E-state index in [0.29, 0.717) is 12.0 Å². The lowest BCUT2D eigenvalue weighted by atomic mass is 9.68. The van der Waals surface area contributed by atoms with Gasteiger partial charge in [0, 0.05) is 11.5 Å². The van der Waals surface area contributed by atoms with E-state index >= 15 is 0 Å². The van der Waals surface area contributed by atoms with Crippen molar-refractivity contribution >= 4 is 0 Å². The average molecular weight is 305 g/mol. The third-order valence-corrected chi connectivity index (χ3v) is 4.83. The van der Waals surface area contributed by atoms with Gasteiger partial charge >= 0.3 is 0 Å². The molecule has 1 heterocycles. The Labute approximate surface area is 135 Å². The van der Waals surface area contributed by atoms with Crippen LogP contribution in [0.25, 0.3) is 0 Å². The van der Waals surface area contributed by atoms with Crippen molar-refractivity contribution in [2.45, 2.75) is 58.0 Å². The summed E-state index contributed by atoms with van der Waals surface area (Å²) in [4.78, 5) is 0. The molecule has 1 saturated carbocycles. The summed E-state index contributed by atoms with van der Waals surface area (Å²) >= 11 is 0. The molecule has 1 N–H and O–H groups in total. The fourth-order valence-electron chi connectivity index (χ4n) is 4.10. The van der Waals surface area contributed by atoms with Gasteiger partial charge in [-0.2, -0.15) is 0 Å². The van der Waals surface area contributed by atoms with Gasteiger partial charge in [-0.1, -0.05) is 19.9 Å². The Morgan fingerprint density at radius 3 is 2.55 bits per heavy atom. The van der Waals surface area contributed by atoms with Crippen molar-refractivity contribution in [3.8, 4) is 11.5 Å². The predicted molar refractivity (Wildman–Crippen MR) is 92.1 cm³/mol. The molecule has 4 rings (SSSR count). The Morgan fingerprint density at radius 1 is 1.14 bits per heavy atom. The molecule has 124 valence electrons. The minimum atomic E-state index is 0.430. The molecule has 0 spiro atoms. The van der Waals surface area contributed by atoms with Crippen LogP contribution in [0.3, 0.4) is 0 Å². The molecule has 0 aromatic heterocycles. The van der Waals surface area contributed by atoms with Crippen LogP contribution in [0.15, 0.2) is 12.1 Å². The van der Waals surface area contributed by atoms with Gasteiger partial charge in [0.1, 0.15) is 6.10 Å². The number of rotatable bonds is 1. The summed E-state index contributed by atoms with van der Waals surface area (Å²) < 4.78 is 11.7. The molecule has 0 bridgehead atoms. The molecule has 1 aromatic carbocycles. The summed E-state index contributed by atoms with van der Waals surface area (Å²) in [6, 6.07) is 4.32. The van der Waals surface area contributed by atoms with Crippen LogP contribution < -0.4 is 14.8 Å². The molecular weight excluding hydrogens is 274 g/mol. The fraction of sp³-hybridized carbons (Fsp3) is 0.684. The van der Waals surface area contributed by atoms with Gasteiger partial charge in [-0.15, -0.1) is 0 Å². The van der Waals surface area contributed by atoms with E-state index in [4.69, 9.17) is 9.47 Å². The van der Waals surface area contributed by atoms with Crippen LogP contribution in [0.4, 0.5) is 0 Å². The van der Waals surface area contributed by atoms with Crippen molar-refractivity contribution < 1.29 is 9.47 Å². The van der Waals surface area contributed by atoms with E-state index < -0.39 is 0 Å². The quantitative estimate of drug-likeness (QED) is 0.845. The standard InChI is InChI=1S/C15H18O2.C2H7N.C2H6/c1-16-12-8-7-10-6-5-9-3-2-4-11-13(9)14(10)15(12)17-11;1-3-2;1-2/h7-9,11,13H,2-6H2,1H3;3H,1-2H3;1-2H3. The molecule has 3 aliphatic rings. The van der Waals surface area contributed by atoms with Crippen LogP contribution in [-0.2, 0) is 6.42 Å². The van der Waals surface area contributed by atoms with E-state index in [-0.39, 0.29) is 0 Å². The van der Waals surface area contributed by atoms with Crippen molar-refractivity contribution in [1.82, 2.24) is 5.32 Å². The number of aryl methyl sites for hydroxylation is 1. The lowest BCUT2D eigenvalue weighted by Gasteiger charge is -2.36. The Morgan fingerprint density at radius 2 is 1.86 bits per heavy atom. The first kappa shape index (κ1) is 17.1. The van der Waals surface area contributed by atoms with Crippen LogP contribution in [0.2, 0.25) is 0 Å². The summed E-state index contributed by atoms with van der Waals surface area (Å²) in [7, 11) is 5.49. The van der Waals surface area contributed by atoms with Crippen LogP contribution in [0.1, 0.15) is 56.6 Å². The Balaban J connectivity index is 0.000000319. The van der Waals surface area contributed by atoms with E-state index in [9.17, 15) is 0 Å². The minimum Gasteiger partial charge on any atom is -0.493 e. The summed E-state index contributed by atoms with van der Waals surface area (Å²) in [5.41, 5.74) is 3.00. The summed E-state index contributed by atoms with van der Waals surface area (Å²) in [5.74, 6) is 3.51. The normalized spacial score (nSPS) is 26.5. The Bertz CT molecular complexity index is 487. The second-order valence-electron chi connectivity index (χ2n) is 6.08. The van der Waals surface area contributed by atoms with Gasteiger partial charge in [-0.3, -0.25) is 0 Å². The molecule has 0 saturated heterocycles. The van der Waals surface area contributed by atoms with E-state index in [1.165, 1.54) is 43.2 Å².